The van der Waals surface area contributed by atoms with Crippen LogP contribution in [0.15, 0.2) is 90.0 Å². The van der Waals surface area contributed by atoms with Crippen molar-refractivity contribution >= 4 is 40.4 Å². The van der Waals surface area contributed by atoms with E-state index in [4.69, 9.17) is 21.1 Å². The van der Waals surface area contributed by atoms with E-state index in [9.17, 15) is 9.59 Å². The van der Waals surface area contributed by atoms with Gasteiger partial charge in [0.2, 0.25) is 0 Å². The third-order valence-corrected chi connectivity index (χ3v) is 5.63. The van der Waals surface area contributed by atoms with Crippen LogP contribution in [-0.4, -0.2) is 31.7 Å². The maximum Gasteiger partial charge on any atom is 0.259 e. The molecule has 2 amide bonds. The summed E-state index contributed by atoms with van der Waals surface area (Å²) in [7, 11) is 1.48. The smallest absolute Gasteiger partial charge is 0.259 e. The average molecular weight is 502 g/mol. The molecule has 4 rings (SSSR count). The second-order valence-corrected chi connectivity index (χ2v) is 8.23. The highest BCUT2D eigenvalue weighted by atomic mass is 35.5. The van der Waals surface area contributed by atoms with Crippen LogP contribution in [0.3, 0.4) is 0 Å². The molecule has 4 aromatic rings. The van der Waals surface area contributed by atoms with Gasteiger partial charge in [-0.25, -0.2) is 5.43 Å². The van der Waals surface area contributed by atoms with E-state index in [1.165, 1.54) is 7.11 Å². The fourth-order valence-corrected chi connectivity index (χ4v) is 3.70. The molecule has 36 heavy (non-hydrogen) atoms. The summed E-state index contributed by atoms with van der Waals surface area (Å²) < 4.78 is 11.2. The molecule has 0 unspecified atom stereocenters. The van der Waals surface area contributed by atoms with Gasteiger partial charge in [0, 0.05) is 10.6 Å². The first-order valence-corrected chi connectivity index (χ1v) is 11.5. The third-order valence-electron chi connectivity index (χ3n) is 5.38. The minimum absolute atomic E-state index is 0.246. The quantitative estimate of drug-likeness (QED) is 0.250. The number of methoxy groups -OCH3 is 1. The van der Waals surface area contributed by atoms with Crippen molar-refractivity contribution in [1.82, 2.24) is 10.7 Å². The predicted octanol–water partition coefficient (Wildman–Crippen LogP) is 4.96. The standard InChI is InChI=1S/C28H24ClN3O4/c1-35-25-9-5-4-8-23(25)28(34)30-17-27(33)32-31-16-24-22-7-3-2-6-20(22)12-15-26(24)36-18-19-10-13-21(29)14-11-19/h2-16H,17-18H2,1H3,(H,30,34)(H,32,33). The number of halogens is 1. The van der Waals surface area contributed by atoms with Crippen molar-refractivity contribution in [3.05, 3.63) is 107 Å². The number of ether oxygens (including phenoxy) is 2. The van der Waals surface area contributed by atoms with Crippen LogP contribution in [0.2, 0.25) is 5.02 Å². The number of carbonyl (C=O) groups excluding carboxylic acids is 2. The van der Waals surface area contributed by atoms with Crippen molar-refractivity contribution in [3.8, 4) is 11.5 Å². The fraction of sp³-hybridized carbons (Fsp3) is 0.107. The number of amides is 2. The number of nitrogens with zero attached hydrogens (tertiary/aromatic N) is 1. The van der Waals surface area contributed by atoms with E-state index < -0.39 is 11.8 Å². The lowest BCUT2D eigenvalue weighted by Crippen LogP contribution is -2.35. The maximum absolute atomic E-state index is 12.4. The zero-order valence-corrected chi connectivity index (χ0v) is 20.3. The van der Waals surface area contributed by atoms with Crippen LogP contribution in [0.5, 0.6) is 11.5 Å². The summed E-state index contributed by atoms with van der Waals surface area (Å²) in [6.45, 7) is 0.0986. The second-order valence-electron chi connectivity index (χ2n) is 7.79. The minimum Gasteiger partial charge on any atom is -0.496 e. The number of nitrogens with one attached hydrogen (secondary N) is 2. The normalized spacial score (nSPS) is 10.8. The Morgan fingerprint density at radius 1 is 0.917 bits per heavy atom. The third kappa shape index (κ3) is 6.20. The van der Waals surface area contributed by atoms with Crippen molar-refractivity contribution in [2.75, 3.05) is 13.7 Å². The minimum atomic E-state index is -0.474. The summed E-state index contributed by atoms with van der Waals surface area (Å²) in [6, 6.07) is 25.9. The summed E-state index contributed by atoms with van der Waals surface area (Å²) in [4.78, 5) is 24.7. The zero-order chi connectivity index (χ0) is 25.3. The molecule has 0 spiro atoms. The maximum atomic E-state index is 12.4. The van der Waals surface area contributed by atoms with E-state index >= 15 is 0 Å². The Morgan fingerprint density at radius 2 is 1.67 bits per heavy atom. The van der Waals surface area contributed by atoms with Gasteiger partial charge in [0.05, 0.1) is 25.4 Å². The Labute approximate surface area is 213 Å². The van der Waals surface area contributed by atoms with E-state index in [2.05, 4.69) is 15.8 Å². The van der Waals surface area contributed by atoms with E-state index in [0.717, 1.165) is 21.9 Å². The molecule has 0 aliphatic carbocycles. The Kier molecular flexibility index (Phi) is 8.16. The molecule has 0 aliphatic rings. The van der Waals surface area contributed by atoms with Crippen molar-refractivity contribution in [1.29, 1.82) is 0 Å². The molecule has 0 aliphatic heterocycles. The number of hydrogen-bond donors (Lipinski definition) is 2. The van der Waals surface area contributed by atoms with E-state index in [-0.39, 0.29) is 6.54 Å². The first-order valence-electron chi connectivity index (χ1n) is 11.2. The van der Waals surface area contributed by atoms with Crippen LogP contribution in [0, 0.1) is 0 Å². The number of hydrogen-bond acceptors (Lipinski definition) is 5. The molecule has 0 radical (unpaired) electrons. The number of rotatable bonds is 9. The van der Waals surface area contributed by atoms with Crippen LogP contribution < -0.4 is 20.2 Å². The number of carbonyl (C=O) groups is 2. The van der Waals surface area contributed by atoms with E-state index in [1.54, 1.807) is 30.5 Å². The molecular formula is C28H24ClN3O4. The Hall–Kier alpha value is -4.36. The van der Waals surface area contributed by atoms with Gasteiger partial charge in [0.1, 0.15) is 18.1 Å². The highest BCUT2D eigenvalue weighted by Crippen LogP contribution is 2.27. The van der Waals surface area contributed by atoms with E-state index in [0.29, 0.717) is 28.7 Å². The Bertz CT molecular complexity index is 1400. The van der Waals surface area contributed by atoms with Crippen molar-refractivity contribution in [2.24, 2.45) is 5.10 Å². The average Bonchev–Trinajstić information content (AvgIpc) is 2.91. The van der Waals surface area contributed by atoms with Gasteiger partial charge < -0.3 is 14.8 Å². The molecule has 4 aromatic carbocycles. The van der Waals surface area contributed by atoms with Crippen molar-refractivity contribution < 1.29 is 19.1 Å². The molecule has 0 fully saturated rings. The van der Waals surface area contributed by atoms with Gasteiger partial charge in [-0.3, -0.25) is 9.59 Å². The molecule has 0 aromatic heterocycles. The van der Waals surface area contributed by atoms with Crippen LogP contribution >= 0.6 is 11.6 Å². The molecule has 0 bridgehead atoms. The predicted molar refractivity (Wildman–Crippen MR) is 141 cm³/mol. The molecule has 8 heteroatoms. The van der Waals surface area contributed by atoms with Gasteiger partial charge in [-0.1, -0.05) is 66.2 Å². The molecule has 0 heterocycles. The van der Waals surface area contributed by atoms with Gasteiger partial charge in [-0.15, -0.1) is 0 Å². The molecule has 7 nitrogen and oxygen atoms in total. The van der Waals surface area contributed by atoms with Crippen molar-refractivity contribution in [3.63, 3.8) is 0 Å². The van der Waals surface area contributed by atoms with Crippen LogP contribution in [-0.2, 0) is 11.4 Å². The zero-order valence-electron chi connectivity index (χ0n) is 19.5. The van der Waals surface area contributed by atoms with Gasteiger partial charge in [0.25, 0.3) is 11.8 Å². The molecule has 0 saturated heterocycles. The summed E-state index contributed by atoms with van der Waals surface area (Å²) in [5.74, 6) is 0.151. The molecule has 0 atom stereocenters. The topological polar surface area (TPSA) is 89.0 Å². The number of para-hydroxylation sites is 1. The summed E-state index contributed by atoms with van der Waals surface area (Å²) in [5, 5.41) is 9.26. The van der Waals surface area contributed by atoms with Crippen LogP contribution in [0.1, 0.15) is 21.5 Å². The van der Waals surface area contributed by atoms with Crippen molar-refractivity contribution in [2.45, 2.75) is 6.61 Å². The summed E-state index contributed by atoms with van der Waals surface area (Å²) in [5.41, 5.74) is 4.48. The van der Waals surface area contributed by atoms with Gasteiger partial charge in [-0.05, 0) is 46.7 Å². The van der Waals surface area contributed by atoms with Gasteiger partial charge in [0.15, 0.2) is 0 Å². The highest BCUT2D eigenvalue weighted by molar-refractivity contribution is 6.30. The first-order chi connectivity index (χ1) is 17.5. The number of benzene rings is 4. The van der Waals surface area contributed by atoms with Gasteiger partial charge >= 0.3 is 0 Å². The lowest BCUT2D eigenvalue weighted by atomic mass is 10.0. The number of fused-ring (bicyclic) bond motifs is 1. The SMILES string of the molecule is COc1ccccc1C(=O)NCC(=O)NN=Cc1c(OCc2ccc(Cl)cc2)ccc2ccccc12. The summed E-state index contributed by atoms with van der Waals surface area (Å²) >= 11 is 5.97. The van der Waals surface area contributed by atoms with Gasteiger partial charge in [-0.2, -0.15) is 5.10 Å². The monoisotopic (exact) mass is 501 g/mol. The lowest BCUT2D eigenvalue weighted by molar-refractivity contribution is -0.120. The molecule has 182 valence electrons. The first kappa shape index (κ1) is 24.8. The molecular weight excluding hydrogens is 478 g/mol. The summed E-state index contributed by atoms with van der Waals surface area (Å²) in [6.07, 6.45) is 1.54. The second kappa shape index (κ2) is 11.9. The number of hydrazone groups is 1. The molecule has 0 saturated carbocycles. The lowest BCUT2D eigenvalue weighted by Gasteiger charge is -2.12. The Morgan fingerprint density at radius 3 is 2.47 bits per heavy atom. The highest BCUT2D eigenvalue weighted by Gasteiger charge is 2.13. The Balaban J connectivity index is 1.43. The van der Waals surface area contributed by atoms with E-state index in [1.807, 2.05) is 60.7 Å². The van der Waals surface area contributed by atoms with Crippen LogP contribution in [0.25, 0.3) is 10.8 Å². The fourth-order valence-electron chi connectivity index (χ4n) is 3.57. The van der Waals surface area contributed by atoms with Crippen LogP contribution in [0.4, 0.5) is 0 Å². The largest absolute Gasteiger partial charge is 0.496 e. The molecule has 2 N–H and O–H groups in total.